The van der Waals surface area contributed by atoms with E-state index in [0.29, 0.717) is 5.56 Å². The zero-order chi connectivity index (χ0) is 10.9. The number of alkyl halides is 2. The van der Waals surface area contributed by atoms with Crippen LogP contribution >= 0.6 is 15.9 Å². The van der Waals surface area contributed by atoms with Crippen molar-refractivity contribution >= 4 is 21.8 Å². The second-order valence-electron chi connectivity index (χ2n) is 2.68. The van der Waals surface area contributed by atoms with Crippen LogP contribution in [0, 0.1) is 6.92 Å². The molecule has 1 heterocycles. The Labute approximate surface area is 87.4 Å². The summed E-state index contributed by atoms with van der Waals surface area (Å²) in [5.74, 6) is -0.957. The molecule has 0 saturated carbocycles. The number of pyridine rings is 1. The minimum atomic E-state index is -2.78. The zero-order valence-corrected chi connectivity index (χ0v) is 8.81. The largest absolute Gasteiger partial charge is 0.364 e. The lowest BCUT2D eigenvalue weighted by atomic mass is 10.1. The molecular weight excluding hydrogens is 258 g/mol. The Hall–Kier alpha value is -1.04. The molecule has 1 rings (SSSR count). The molecule has 76 valence electrons. The van der Waals surface area contributed by atoms with E-state index in [1.807, 2.05) is 0 Å². The SMILES string of the molecule is Cc1cnc(C(N)=O)c(C(F)F)c1Br. The van der Waals surface area contributed by atoms with Gasteiger partial charge < -0.3 is 5.73 Å². The minimum Gasteiger partial charge on any atom is -0.364 e. The molecule has 0 aliphatic rings. The normalized spacial score (nSPS) is 10.6. The molecule has 0 bridgehead atoms. The first-order valence-electron chi connectivity index (χ1n) is 3.68. The molecule has 0 aliphatic carbocycles. The van der Waals surface area contributed by atoms with Gasteiger partial charge in [0.2, 0.25) is 0 Å². The highest BCUT2D eigenvalue weighted by Gasteiger charge is 2.22. The van der Waals surface area contributed by atoms with Gasteiger partial charge in [-0.3, -0.25) is 9.78 Å². The number of nitrogens with zero attached hydrogens (tertiary/aromatic N) is 1. The topological polar surface area (TPSA) is 56.0 Å². The molecule has 6 heteroatoms. The van der Waals surface area contributed by atoms with Crippen LogP contribution < -0.4 is 5.73 Å². The second kappa shape index (κ2) is 4.00. The number of rotatable bonds is 2. The fourth-order valence-electron chi connectivity index (χ4n) is 0.999. The van der Waals surface area contributed by atoms with E-state index in [1.165, 1.54) is 6.20 Å². The van der Waals surface area contributed by atoms with Gasteiger partial charge in [-0.2, -0.15) is 0 Å². The third-order valence-electron chi connectivity index (χ3n) is 1.68. The molecule has 0 spiro atoms. The van der Waals surface area contributed by atoms with Crippen LogP contribution in [0.25, 0.3) is 0 Å². The molecular formula is C8H7BrF2N2O. The summed E-state index contributed by atoms with van der Waals surface area (Å²) < 4.78 is 25.3. The molecule has 1 aromatic rings. The lowest BCUT2D eigenvalue weighted by Crippen LogP contribution is -2.17. The molecule has 1 aromatic heterocycles. The molecule has 14 heavy (non-hydrogen) atoms. The summed E-state index contributed by atoms with van der Waals surface area (Å²) in [5, 5.41) is 0. The maximum absolute atomic E-state index is 12.6. The van der Waals surface area contributed by atoms with Crippen LogP contribution in [0.1, 0.15) is 28.0 Å². The number of primary amides is 1. The Balaban J connectivity index is 3.45. The van der Waals surface area contributed by atoms with Gasteiger partial charge in [0.15, 0.2) is 0 Å². The maximum Gasteiger partial charge on any atom is 0.267 e. The van der Waals surface area contributed by atoms with Gasteiger partial charge >= 0.3 is 0 Å². The van der Waals surface area contributed by atoms with Crippen LogP contribution in [0.5, 0.6) is 0 Å². The lowest BCUT2D eigenvalue weighted by Gasteiger charge is -2.09. The predicted octanol–water partition coefficient (Wildman–Crippen LogP) is 2.19. The molecule has 0 aromatic carbocycles. The molecule has 0 atom stereocenters. The van der Waals surface area contributed by atoms with Gasteiger partial charge in [-0.05, 0) is 28.4 Å². The van der Waals surface area contributed by atoms with E-state index in [2.05, 4.69) is 20.9 Å². The molecule has 0 aliphatic heterocycles. The van der Waals surface area contributed by atoms with Crippen molar-refractivity contribution in [1.29, 1.82) is 0 Å². The molecule has 0 unspecified atom stereocenters. The Kier molecular flexibility index (Phi) is 3.15. The monoisotopic (exact) mass is 264 g/mol. The summed E-state index contributed by atoms with van der Waals surface area (Å²) in [4.78, 5) is 14.4. The molecule has 0 fully saturated rings. The number of amides is 1. The van der Waals surface area contributed by atoms with Crippen molar-refractivity contribution in [2.75, 3.05) is 0 Å². The van der Waals surface area contributed by atoms with Gasteiger partial charge in [0.1, 0.15) is 5.69 Å². The number of nitrogens with two attached hydrogens (primary N) is 1. The fourth-order valence-corrected chi connectivity index (χ4v) is 1.46. The molecule has 2 N–H and O–H groups in total. The highest BCUT2D eigenvalue weighted by atomic mass is 79.9. The van der Waals surface area contributed by atoms with Crippen molar-refractivity contribution < 1.29 is 13.6 Å². The average molecular weight is 265 g/mol. The summed E-state index contributed by atoms with van der Waals surface area (Å²) >= 11 is 2.97. The van der Waals surface area contributed by atoms with Gasteiger partial charge in [0.05, 0.1) is 5.56 Å². The maximum atomic E-state index is 12.6. The Morgan fingerprint density at radius 1 is 1.64 bits per heavy atom. The minimum absolute atomic E-state index is 0.177. The number of hydrogen-bond donors (Lipinski definition) is 1. The molecule has 1 amide bonds. The van der Waals surface area contributed by atoms with E-state index in [1.54, 1.807) is 6.92 Å². The lowest BCUT2D eigenvalue weighted by molar-refractivity contribution is 0.0979. The van der Waals surface area contributed by atoms with Crippen LogP contribution in [-0.2, 0) is 0 Å². The van der Waals surface area contributed by atoms with Crippen molar-refractivity contribution in [3.8, 4) is 0 Å². The van der Waals surface area contributed by atoms with Crippen LogP contribution in [0.15, 0.2) is 10.7 Å². The van der Waals surface area contributed by atoms with Crippen molar-refractivity contribution in [1.82, 2.24) is 4.98 Å². The van der Waals surface area contributed by atoms with Gasteiger partial charge in [-0.1, -0.05) is 0 Å². The van der Waals surface area contributed by atoms with Gasteiger partial charge in [-0.25, -0.2) is 8.78 Å². The molecule has 0 saturated heterocycles. The fraction of sp³-hybridized carbons (Fsp3) is 0.250. The average Bonchev–Trinajstić information content (AvgIpc) is 2.08. The standard InChI is InChI=1S/C8H7BrF2N2O/c1-3-2-13-6(8(12)14)4(5(3)9)7(10)11/h2,7H,1H3,(H2,12,14). The summed E-state index contributed by atoms with van der Waals surface area (Å²) in [6.45, 7) is 1.60. The third kappa shape index (κ3) is 1.89. The predicted molar refractivity (Wildman–Crippen MR) is 50.1 cm³/mol. The van der Waals surface area contributed by atoms with Crippen molar-refractivity contribution in [2.24, 2.45) is 5.73 Å². The van der Waals surface area contributed by atoms with E-state index < -0.39 is 23.6 Å². The third-order valence-corrected chi connectivity index (χ3v) is 2.73. The Bertz CT molecular complexity index is 382. The summed E-state index contributed by atoms with van der Waals surface area (Å²) in [6, 6.07) is 0. The summed E-state index contributed by atoms with van der Waals surface area (Å²) in [7, 11) is 0. The van der Waals surface area contributed by atoms with Gasteiger partial charge in [0.25, 0.3) is 12.3 Å². The first-order valence-corrected chi connectivity index (χ1v) is 4.47. The number of halogens is 3. The molecule has 0 radical (unpaired) electrons. The summed E-state index contributed by atoms with van der Waals surface area (Å²) in [5.41, 5.74) is 4.61. The Morgan fingerprint density at radius 2 is 2.21 bits per heavy atom. The van der Waals surface area contributed by atoms with Crippen LogP contribution in [0.2, 0.25) is 0 Å². The Morgan fingerprint density at radius 3 is 2.64 bits per heavy atom. The van der Waals surface area contributed by atoms with E-state index in [4.69, 9.17) is 5.73 Å². The highest BCUT2D eigenvalue weighted by Crippen LogP contribution is 2.31. The van der Waals surface area contributed by atoms with E-state index >= 15 is 0 Å². The van der Waals surface area contributed by atoms with Crippen molar-refractivity contribution in [3.63, 3.8) is 0 Å². The number of aromatic nitrogens is 1. The number of carbonyl (C=O) groups excluding carboxylic acids is 1. The van der Waals surface area contributed by atoms with Crippen molar-refractivity contribution in [3.05, 3.63) is 27.5 Å². The van der Waals surface area contributed by atoms with E-state index in [0.717, 1.165) is 0 Å². The number of hydrogen-bond acceptors (Lipinski definition) is 2. The summed E-state index contributed by atoms with van der Waals surface area (Å²) in [6.07, 6.45) is -1.46. The molecule has 3 nitrogen and oxygen atoms in total. The first kappa shape index (κ1) is 11.0. The van der Waals surface area contributed by atoms with Crippen LogP contribution in [0.4, 0.5) is 8.78 Å². The zero-order valence-electron chi connectivity index (χ0n) is 7.22. The van der Waals surface area contributed by atoms with Gasteiger partial charge in [-0.15, -0.1) is 0 Å². The quantitative estimate of drug-likeness (QED) is 0.891. The number of carbonyl (C=O) groups is 1. The second-order valence-corrected chi connectivity index (χ2v) is 3.48. The van der Waals surface area contributed by atoms with E-state index in [9.17, 15) is 13.6 Å². The number of aryl methyl sites for hydroxylation is 1. The van der Waals surface area contributed by atoms with Crippen molar-refractivity contribution in [2.45, 2.75) is 13.3 Å². The van der Waals surface area contributed by atoms with E-state index in [-0.39, 0.29) is 4.47 Å². The smallest absolute Gasteiger partial charge is 0.267 e. The van der Waals surface area contributed by atoms with Gasteiger partial charge in [0, 0.05) is 10.7 Å². The highest BCUT2D eigenvalue weighted by molar-refractivity contribution is 9.10. The van der Waals surface area contributed by atoms with Crippen LogP contribution in [0.3, 0.4) is 0 Å². The first-order chi connectivity index (χ1) is 6.45. The van der Waals surface area contributed by atoms with Crippen LogP contribution in [-0.4, -0.2) is 10.9 Å².